The zero-order chi connectivity index (χ0) is 17.3. The maximum absolute atomic E-state index is 12.5. The summed E-state index contributed by atoms with van der Waals surface area (Å²) in [5, 5.41) is 11.1. The number of imide groups is 1. The molecule has 1 N–H and O–H groups in total. The highest BCUT2D eigenvalue weighted by atomic mass is 16.6. The highest BCUT2D eigenvalue weighted by molar-refractivity contribution is 6.23. The number of rotatable bonds is 5. The van der Waals surface area contributed by atoms with Gasteiger partial charge in [0.15, 0.2) is 6.67 Å². The van der Waals surface area contributed by atoms with Crippen molar-refractivity contribution in [1.82, 2.24) is 4.90 Å². The molecule has 3 rings (SSSR count). The van der Waals surface area contributed by atoms with Gasteiger partial charge in [-0.1, -0.05) is 36.4 Å². The van der Waals surface area contributed by atoms with E-state index in [4.69, 9.17) is 0 Å². The monoisotopic (exact) mass is 326 g/mol. The Kier molecular flexibility index (Phi) is 4.09. The van der Waals surface area contributed by atoms with Crippen LogP contribution < -0.4 is 4.90 Å². The topological polar surface area (TPSA) is 85.0 Å². The second-order valence-electron chi connectivity index (χ2n) is 5.77. The number of nitro benzene ring substituents is 1. The van der Waals surface area contributed by atoms with Gasteiger partial charge in [-0.15, -0.1) is 0 Å². The van der Waals surface area contributed by atoms with Gasteiger partial charge in [0.1, 0.15) is 12.1 Å². The molecule has 0 aliphatic carbocycles. The molecule has 0 bridgehead atoms. The smallest absolute Gasteiger partial charge is 0.282 e. The number of carbonyl (C=O) groups is 2. The van der Waals surface area contributed by atoms with Gasteiger partial charge in [0, 0.05) is 11.6 Å². The summed E-state index contributed by atoms with van der Waals surface area (Å²) in [5.41, 5.74) is 0.744. The van der Waals surface area contributed by atoms with Gasteiger partial charge in [-0.25, -0.2) is 4.90 Å². The molecule has 122 valence electrons. The van der Waals surface area contributed by atoms with Crippen molar-refractivity contribution in [2.45, 2.75) is 6.54 Å². The maximum atomic E-state index is 12.5. The van der Waals surface area contributed by atoms with E-state index in [1.807, 2.05) is 37.4 Å². The molecular weight excluding hydrogens is 310 g/mol. The number of nitro groups is 1. The number of amides is 2. The zero-order valence-corrected chi connectivity index (χ0v) is 13.1. The average molecular weight is 326 g/mol. The largest absolute Gasteiger partial charge is 0.316 e. The summed E-state index contributed by atoms with van der Waals surface area (Å²) in [6, 6.07) is 13.8. The molecule has 1 aliphatic heterocycles. The molecule has 24 heavy (non-hydrogen) atoms. The van der Waals surface area contributed by atoms with Gasteiger partial charge < -0.3 is 4.90 Å². The van der Waals surface area contributed by atoms with Crippen LogP contribution in [0, 0.1) is 10.1 Å². The Bertz CT molecular complexity index is 820. The number of fused-ring (bicyclic) bond motifs is 1. The van der Waals surface area contributed by atoms with Gasteiger partial charge in [-0.2, -0.15) is 0 Å². The van der Waals surface area contributed by atoms with E-state index in [0.717, 1.165) is 15.4 Å². The van der Waals surface area contributed by atoms with Crippen molar-refractivity contribution in [3.8, 4) is 0 Å². The minimum Gasteiger partial charge on any atom is -0.316 e. The SMILES string of the molecule is C[NH+](Cc1ccccc1)CN1C(=O)c2cccc([N+](=O)[O-])c2C1=O. The molecule has 0 radical (unpaired) electrons. The lowest BCUT2D eigenvalue weighted by atomic mass is 10.1. The maximum Gasteiger partial charge on any atom is 0.282 e. The predicted octanol–water partition coefficient (Wildman–Crippen LogP) is 0.863. The molecule has 1 atom stereocenters. The Balaban J connectivity index is 1.81. The van der Waals surface area contributed by atoms with E-state index in [-0.39, 0.29) is 23.5 Å². The Labute approximate surface area is 138 Å². The Hall–Kier alpha value is -3.06. The first-order chi connectivity index (χ1) is 11.5. The zero-order valence-electron chi connectivity index (χ0n) is 13.1. The van der Waals surface area contributed by atoms with Crippen LogP contribution in [-0.4, -0.2) is 35.4 Å². The van der Waals surface area contributed by atoms with E-state index in [9.17, 15) is 19.7 Å². The van der Waals surface area contributed by atoms with E-state index >= 15 is 0 Å². The number of carbonyl (C=O) groups excluding carboxylic acids is 2. The van der Waals surface area contributed by atoms with E-state index in [1.54, 1.807) is 0 Å². The van der Waals surface area contributed by atoms with E-state index in [0.29, 0.717) is 6.54 Å². The third-order valence-corrected chi connectivity index (χ3v) is 3.95. The van der Waals surface area contributed by atoms with Crippen molar-refractivity contribution in [2.75, 3.05) is 13.7 Å². The van der Waals surface area contributed by atoms with Crippen LogP contribution >= 0.6 is 0 Å². The second kappa shape index (κ2) is 6.21. The molecule has 7 nitrogen and oxygen atoms in total. The minimum absolute atomic E-state index is 0.0988. The van der Waals surface area contributed by atoms with Gasteiger partial charge in [0.25, 0.3) is 17.5 Å². The molecule has 1 heterocycles. The molecule has 0 spiro atoms. The normalized spacial score (nSPS) is 14.6. The summed E-state index contributed by atoms with van der Waals surface area (Å²) in [5.74, 6) is -1.08. The summed E-state index contributed by atoms with van der Waals surface area (Å²) in [7, 11) is 1.87. The Morgan fingerprint density at radius 1 is 1.04 bits per heavy atom. The summed E-state index contributed by atoms with van der Waals surface area (Å²) >= 11 is 0. The quantitative estimate of drug-likeness (QED) is 0.502. The first-order valence-electron chi connectivity index (χ1n) is 7.48. The Morgan fingerprint density at radius 2 is 1.75 bits per heavy atom. The average Bonchev–Trinajstić information content (AvgIpc) is 2.81. The lowest BCUT2D eigenvalue weighted by Gasteiger charge is -2.20. The van der Waals surface area contributed by atoms with Crippen LogP contribution in [0.2, 0.25) is 0 Å². The third-order valence-electron chi connectivity index (χ3n) is 3.95. The van der Waals surface area contributed by atoms with Gasteiger partial charge in [0.2, 0.25) is 0 Å². The highest BCUT2D eigenvalue weighted by Gasteiger charge is 2.42. The van der Waals surface area contributed by atoms with Crippen LogP contribution in [0.1, 0.15) is 26.3 Å². The number of hydrogen-bond acceptors (Lipinski definition) is 4. The van der Waals surface area contributed by atoms with Crippen molar-refractivity contribution >= 4 is 17.5 Å². The van der Waals surface area contributed by atoms with E-state index < -0.39 is 16.7 Å². The molecule has 1 aliphatic rings. The lowest BCUT2D eigenvalue weighted by molar-refractivity contribution is -0.901. The summed E-state index contributed by atoms with van der Waals surface area (Å²) in [6.45, 7) is 0.786. The van der Waals surface area contributed by atoms with Gasteiger partial charge in [0.05, 0.1) is 17.5 Å². The van der Waals surface area contributed by atoms with Crippen LogP contribution in [0.15, 0.2) is 48.5 Å². The fourth-order valence-corrected chi connectivity index (χ4v) is 2.88. The van der Waals surface area contributed by atoms with Gasteiger partial charge in [-0.3, -0.25) is 19.7 Å². The number of quaternary nitrogens is 1. The first-order valence-corrected chi connectivity index (χ1v) is 7.48. The lowest BCUT2D eigenvalue weighted by Crippen LogP contribution is -3.09. The number of nitrogens with zero attached hydrogens (tertiary/aromatic N) is 2. The summed E-state index contributed by atoms with van der Waals surface area (Å²) < 4.78 is 0. The predicted molar refractivity (Wildman–Crippen MR) is 85.5 cm³/mol. The molecule has 0 fully saturated rings. The molecule has 2 aromatic rings. The van der Waals surface area contributed by atoms with Crippen LogP contribution in [0.4, 0.5) is 5.69 Å². The molecule has 0 saturated carbocycles. The molecule has 2 aromatic carbocycles. The van der Waals surface area contributed by atoms with Gasteiger partial charge in [-0.05, 0) is 6.07 Å². The van der Waals surface area contributed by atoms with Crippen LogP contribution in [0.5, 0.6) is 0 Å². The fraction of sp³-hybridized carbons (Fsp3) is 0.176. The molecule has 2 amide bonds. The minimum atomic E-state index is -0.631. The van der Waals surface area contributed by atoms with E-state index in [2.05, 4.69) is 0 Å². The standard InChI is InChI=1S/C17H15N3O4/c1-18(10-12-6-3-2-4-7-12)11-19-16(21)13-8-5-9-14(20(23)24)15(13)17(19)22/h2-9H,10-11H2,1H3/p+1. The van der Waals surface area contributed by atoms with Crippen molar-refractivity contribution < 1.29 is 19.4 Å². The molecule has 7 heteroatoms. The van der Waals surface area contributed by atoms with Crippen LogP contribution in [0.3, 0.4) is 0 Å². The van der Waals surface area contributed by atoms with Crippen molar-refractivity contribution in [2.24, 2.45) is 0 Å². The van der Waals surface area contributed by atoms with Crippen molar-refractivity contribution in [3.63, 3.8) is 0 Å². The number of benzene rings is 2. The third kappa shape index (κ3) is 2.77. The first kappa shape index (κ1) is 15.8. The molecule has 0 saturated heterocycles. The highest BCUT2D eigenvalue weighted by Crippen LogP contribution is 2.29. The number of nitrogens with one attached hydrogen (secondary N) is 1. The fourth-order valence-electron chi connectivity index (χ4n) is 2.88. The van der Waals surface area contributed by atoms with E-state index in [1.165, 1.54) is 18.2 Å². The van der Waals surface area contributed by atoms with Crippen LogP contribution in [0.25, 0.3) is 0 Å². The van der Waals surface area contributed by atoms with Crippen molar-refractivity contribution in [3.05, 3.63) is 75.3 Å². The Morgan fingerprint density at radius 3 is 2.42 bits per heavy atom. The second-order valence-corrected chi connectivity index (χ2v) is 5.77. The van der Waals surface area contributed by atoms with Crippen LogP contribution in [-0.2, 0) is 6.54 Å². The molecule has 1 unspecified atom stereocenters. The van der Waals surface area contributed by atoms with Gasteiger partial charge >= 0.3 is 0 Å². The number of hydrogen-bond donors (Lipinski definition) is 1. The molecule has 0 aromatic heterocycles. The van der Waals surface area contributed by atoms with Crippen molar-refractivity contribution in [1.29, 1.82) is 0 Å². The summed E-state index contributed by atoms with van der Waals surface area (Å²) in [6.07, 6.45) is 0. The molecular formula is C17H16N3O4+. The summed E-state index contributed by atoms with van der Waals surface area (Å²) in [4.78, 5) is 37.4.